The van der Waals surface area contributed by atoms with E-state index < -0.39 is 10.0 Å². The van der Waals surface area contributed by atoms with Crippen LogP contribution in [0, 0.1) is 5.92 Å². The van der Waals surface area contributed by atoms with E-state index in [0.29, 0.717) is 31.0 Å². The van der Waals surface area contributed by atoms with Gasteiger partial charge in [-0.25, -0.2) is 8.42 Å². The van der Waals surface area contributed by atoms with E-state index in [0.717, 1.165) is 12.1 Å². The quantitative estimate of drug-likeness (QED) is 0.663. The lowest BCUT2D eigenvalue weighted by Gasteiger charge is -2.31. The molecule has 1 unspecified atom stereocenters. The molecule has 2 fully saturated rings. The molecule has 32 heavy (non-hydrogen) atoms. The SMILES string of the molecule is O=C(NCc1ccc(CN2CCCC2)cc1)C1CCCN(S(=O)(=O)c2ccc(Cl)cc2)C1. The maximum absolute atomic E-state index is 12.9. The van der Waals surface area contributed by atoms with Crippen molar-refractivity contribution in [3.63, 3.8) is 0 Å². The fourth-order valence-corrected chi connectivity index (χ4v) is 6.08. The van der Waals surface area contributed by atoms with Crippen LogP contribution in [0.25, 0.3) is 0 Å². The van der Waals surface area contributed by atoms with Crippen LogP contribution < -0.4 is 5.32 Å². The first-order chi connectivity index (χ1) is 15.4. The standard InChI is InChI=1S/C24H30ClN3O3S/c25-22-9-11-23(12-10-22)32(30,31)28-15-3-4-21(18-28)24(29)26-16-19-5-7-20(8-6-19)17-27-13-1-2-14-27/h5-12,21H,1-4,13-18H2,(H,26,29). The summed E-state index contributed by atoms with van der Waals surface area (Å²) in [5.74, 6) is -0.442. The summed E-state index contributed by atoms with van der Waals surface area (Å²) in [6, 6.07) is 14.5. The lowest BCUT2D eigenvalue weighted by Crippen LogP contribution is -2.45. The van der Waals surface area contributed by atoms with Gasteiger partial charge in [-0.2, -0.15) is 4.31 Å². The lowest BCUT2D eigenvalue weighted by atomic mass is 9.98. The Morgan fingerprint density at radius 2 is 1.59 bits per heavy atom. The van der Waals surface area contributed by atoms with E-state index in [2.05, 4.69) is 34.5 Å². The Morgan fingerprint density at radius 3 is 2.28 bits per heavy atom. The highest BCUT2D eigenvalue weighted by Gasteiger charge is 2.33. The number of amides is 1. The van der Waals surface area contributed by atoms with E-state index >= 15 is 0 Å². The molecular formula is C24H30ClN3O3S. The van der Waals surface area contributed by atoms with Crippen molar-refractivity contribution in [1.82, 2.24) is 14.5 Å². The third-order valence-electron chi connectivity index (χ3n) is 6.30. The minimum absolute atomic E-state index is 0.0952. The number of benzene rings is 2. The van der Waals surface area contributed by atoms with E-state index in [-0.39, 0.29) is 23.3 Å². The summed E-state index contributed by atoms with van der Waals surface area (Å²) in [4.78, 5) is 15.4. The lowest BCUT2D eigenvalue weighted by molar-refractivity contribution is -0.126. The van der Waals surface area contributed by atoms with Gasteiger partial charge in [0.1, 0.15) is 0 Å². The van der Waals surface area contributed by atoms with Crippen molar-refractivity contribution in [3.05, 3.63) is 64.7 Å². The van der Waals surface area contributed by atoms with Crippen LogP contribution in [0.15, 0.2) is 53.4 Å². The number of carbonyl (C=O) groups excluding carboxylic acids is 1. The minimum Gasteiger partial charge on any atom is -0.352 e. The van der Waals surface area contributed by atoms with Crippen molar-refractivity contribution in [2.24, 2.45) is 5.92 Å². The Labute approximate surface area is 195 Å². The molecule has 1 amide bonds. The average molecular weight is 476 g/mol. The summed E-state index contributed by atoms with van der Waals surface area (Å²) in [6.07, 6.45) is 3.91. The molecule has 8 heteroatoms. The Kier molecular flexibility index (Phi) is 7.51. The van der Waals surface area contributed by atoms with Crippen molar-refractivity contribution >= 4 is 27.5 Å². The first kappa shape index (κ1) is 23.2. The predicted octanol–water partition coefficient (Wildman–Crippen LogP) is 3.65. The molecule has 4 rings (SSSR count). The van der Waals surface area contributed by atoms with Crippen LogP contribution in [0.2, 0.25) is 5.02 Å². The first-order valence-electron chi connectivity index (χ1n) is 11.3. The summed E-state index contributed by atoms with van der Waals surface area (Å²) in [7, 11) is -3.64. The number of halogens is 1. The zero-order chi connectivity index (χ0) is 22.6. The fraction of sp³-hybridized carbons (Fsp3) is 0.458. The van der Waals surface area contributed by atoms with Crippen LogP contribution in [0.1, 0.15) is 36.8 Å². The molecule has 0 aromatic heterocycles. The van der Waals surface area contributed by atoms with Gasteiger partial charge in [0.25, 0.3) is 0 Å². The van der Waals surface area contributed by atoms with Crippen molar-refractivity contribution < 1.29 is 13.2 Å². The third-order valence-corrected chi connectivity index (χ3v) is 8.43. The number of rotatable bonds is 7. The number of sulfonamides is 1. The van der Waals surface area contributed by atoms with Crippen molar-refractivity contribution in [2.75, 3.05) is 26.2 Å². The molecule has 6 nitrogen and oxygen atoms in total. The Hall–Kier alpha value is -1.93. The second-order valence-electron chi connectivity index (χ2n) is 8.67. The van der Waals surface area contributed by atoms with Crippen molar-refractivity contribution in [2.45, 2.75) is 43.7 Å². The molecule has 1 atom stereocenters. The molecule has 0 radical (unpaired) electrons. The smallest absolute Gasteiger partial charge is 0.243 e. The van der Waals surface area contributed by atoms with E-state index in [1.54, 1.807) is 12.1 Å². The van der Waals surface area contributed by atoms with Crippen molar-refractivity contribution in [1.29, 1.82) is 0 Å². The van der Waals surface area contributed by atoms with Gasteiger partial charge < -0.3 is 5.32 Å². The van der Waals surface area contributed by atoms with Crippen LogP contribution in [0.3, 0.4) is 0 Å². The highest BCUT2D eigenvalue weighted by atomic mass is 35.5. The van der Waals surface area contributed by atoms with Gasteiger partial charge in [0.15, 0.2) is 0 Å². The van der Waals surface area contributed by atoms with Gasteiger partial charge in [-0.05, 0) is 74.2 Å². The highest BCUT2D eigenvalue weighted by molar-refractivity contribution is 7.89. The molecule has 0 bridgehead atoms. The average Bonchev–Trinajstić information content (AvgIpc) is 3.32. The number of carbonyl (C=O) groups is 1. The molecule has 2 aromatic carbocycles. The first-order valence-corrected chi connectivity index (χ1v) is 13.1. The second kappa shape index (κ2) is 10.3. The van der Waals surface area contributed by atoms with Gasteiger partial charge in [-0.15, -0.1) is 0 Å². The predicted molar refractivity (Wildman–Crippen MR) is 126 cm³/mol. The van der Waals surface area contributed by atoms with Crippen molar-refractivity contribution in [3.8, 4) is 0 Å². The van der Waals surface area contributed by atoms with Crippen LogP contribution in [-0.4, -0.2) is 49.7 Å². The van der Waals surface area contributed by atoms with Gasteiger partial charge in [-0.1, -0.05) is 35.9 Å². The number of nitrogens with one attached hydrogen (secondary N) is 1. The second-order valence-corrected chi connectivity index (χ2v) is 11.0. The molecule has 2 aliphatic heterocycles. The maximum atomic E-state index is 12.9. The topological polar surface area (TPSA) is 69.7 Å². The van der Waals surface area contributed by atoms with Crippen LogP contribution >= 0.6 is 11.6 Å². The Balaban J connectivity index is 1.31. The molecule has 0 aliphatic carbocycles. The van der Waals surface area contributed by atoms with E-state index in [4.69, 9.17) is 11.6 Å². The number of piperidine rings is 1. The number of likely N-dealkylation sites (tertiary alicyclic amines) is 1. The molecule has 2 heterocycles. The molecule has 0 saturated carbocycles. The maximum Gasteiger partial charge on any atom is 0.243 e. The summed E-state index contributed by atoms with van der Waals surface area (Å²) in [5, 5.41) is 3.48. The molecule has 0 spiro atoms. The fourth-order valence-electron chi connectivity index (χ4n) is 4.43. The minimum atomic E-state index is -3.64. The molecule has 2 aliphatic rings. The van der Waals surface area contributed by atoms with Gasteiger partial charge in [0.2, 0.25) is 15.9 Å². The zero-order valence-electron chi connectivity index (χ0n) is 18.2. The molecular weight excluding hydrogens is 446 g/mol. The van der Waals surface area contributed by atoms with Crippen LogP contribution in [0.4, 0.5) is 0 Å². The molecule has 172 valence electrons. The molecule has 2 aromatic rings. The highest BCUT2D eigenvalue weighted by Crippen LogP contribution is 2.25. The summed E-state index contributed by atoms with van der Waals surface area (Å²) in [6.45, 7) is 4.39. The number of nitrogens with zero attached hydrogens (tertiary/aromatic N) is 2. The van der Waals surface area contributed by atoms with E-state index in [1.165, 1.54) is 47.9 Å². The largest absolute Gasteiger partial charge is 0.352 e. The van der Waals surface area contributed by atoms with Gasteiger partial charge in [0, 0.05) is 31.2 Å². The summed E-state index contributed by atoms with van der Waals surface area (Å²) >= 11 is 5.88. The monoisotopic (exact) mass is 475 g/mol. The van der Waals surface area contributed by atoms with E-state index in [9.17, 15) is 13.2 Å². The van der Waals surface area contributed by atoms with E-state index in [1.807, 2.05) is 0 Å². The van der Waals surface area contributed by atoms with Gasteiger partial charge in [0.05, 0.1) is 10.8 Å². The zero-order valence-corrected chi connectivity index (χ0v) is 19.7. The van der Waals surface area contributed by atoms with Crippen LogP contribution in [0.5, 0.6) is 0 Å². The Bertz CT molecular complexity index is 1020. The third kappa shape index (κ3) is 5.70. The summed E-state index contributed by atoms with van der Waals surface area (Å²) in [5.41, 5.74) is 2.34. The number of hydrogen-bond donors (Lipinski definition) is 1. The van der Waals surface area contributed by atoms with Gasteiger partial charge >= 0.3 is 0 Å². The van der Waals surface area contributed by atoms with Crippen LogP contribution in [-0.2, 0) is 27.9 Å². The molecule has 2 saturated heterocycles. The summed E-state index contributed by atoms with van der Waals surface area (Å²) < 4.78 is 27.3. The van der Waals surface area contributed by atoms with Gasteiger partial charge in [-0.3, -0.25) is 9.69 Å². The Morgan fingerprint density at radius 1 is 0.938 bits per heavy atom. The molecule has 1 N–H and O–H groups in total. The number of hydrogen-bond acceptors (Lipinski definition) is 4. The normalized spacial score (nSPS) is 20.3.